The molecule has 1 heterocycles. The van der Waals surface area contributed by atoms with Crippen molar-refractivity contribution in [3.63, 3.8) is 0 Å². The second-order valence-corrected chi connectivity index (χ2v) is 6.59. The van der Waals surface area contributed by atoms with Crippen molar-refractivity contribution in [2.45, 2.75) is 20.8 Å². The molecule has 0 aliphatic carbocycles. The lowest BCUT2D eigenvalue weighted by Crippen LogP contribution is -2.32. The topological polar surface area (TPSA) is 67.9 Å². The highest BCUT2D eigenvalue weighted by Gasteiger charge is 2.38. The second kappa shape index (κ2) is 7.76. The Labute approximate surface area is 164 Å². The first kappa shape index (κ1) is 19.5. The van der Waals surface area contributed by atoms with Crippen molar-refractivity contribution in [3.05, 3.63) is 58.8 Å². The highest BCUT2D eigenvalue weighted by molar-refractivity contribution is 6.36. The standard InChI is InChI=1S/C22H24N2O4/c1-6-24-21(25)19(15-8-7-13(2)14(3)11-15)20(22(24)26)23-17-10-9-16(27-4)12-18(17)28-5/h7-12,23H,6H2,1-5H3. The Morgan fingerprint density at radius 1 is 0.929 bits per heavy atom. The molecule has 0 spiro atoms. The number of rotatable bonds is 6. The molecule has 2 aromatic carbocycles. The van der Waals surface area contributed by atoms with Crippen molar-refractivity contribution in [2.75, 3.05) is 26.1 Å². The maximum Gasteiger partial charge on any atom is 0.278 e. The number of ether oxygens (including phenoxy) is 2. The van der Waals surface area contributed by atoms with Crippen LogP contribution in [0, 0.1) is 13.8 Å². The number of aryl methyl sites for hydroxylation is 2. The van der Waals surface area contributed by atoms with Gasteiger partial charge in [-0.2, -0.15) is 0 Å². The van der Waals surface area contributed by atoms with Crippen LogP contribution in [0.5, 0.6) is 11.5 Å². The number of anilines is 1. The van der Waals surface area contributed by atoms with Gasteiger partial charge in [-0.25, -0.2) is 0 Å². The zero-order valence-electron chi connectivity index (χ0n) is 16.8. The fourth-order valence-corrected chi connectivity index (χ4v) is 3.18. The fraction of sp³-hybridized carbons (Fsp3) is 0.273. The summed E-state index contributed by atoms with van der Waals surface area (Å²) in [6, 6.07) is 11.0. The molecule has 6 nitrogen and oxygen atoms in total. The van der Waals surface area contributed by atoms with E-state index in [1.807, 2.05) is 32.0 Å². The zero-order chi connectivity index (χ0) is 20.4. The van der Waals surface area contributed by atoms with Gasteiger partial charge in [-0.05, 0) is 49.6 Å². The minimum atomic E-state index is -0.349. The van der Waals surface area contributed by atoms with Gasteiger partial charge in [0.2, 0.25) is 0 Å². The number of amides is 2. The van der Waals surface area contributed by atoms with E-state index in [-0.39, 0.29) is 17.5 Å². The molecule has 3 rings (SSSR count). The van der Waals surface area contributed by atoms with Crippen LogP contribution in [0.25, 0.3) is 5.57 Å². The molecule has 28 heavy (non-hydrogen) atoms. The molecular weight excluding hydrogens is 356 g/mol. The third-order valence-electron chi connectivity index (χ3n) is 4.95. The number of imide groups is 1. The predicted molar refractivity (Wildman–Crippen MR) is 108 cm³/mol. The van der Waals surface area contributed by atoms with E-state index in [0.717, 1.165) is 11.1 Å². The van der Waals surface area contributed by atoms with E-state index in [9.17, 15) is 9.59 Å². The van der Waals surface area contributed by atoms with E-state index in [2.05, 4.69) is 5.32 Å². The Morgan fingerprint density at radius 3 is 2.29 bits per heavy atom. The molecule has 0 fully saturated rings. The minimum absolute atomic E-state index is 0.249. The molecule has 0 saturated heterocycles. The van der Waals surface area contributed by atoms with E-state index in [1.54, 1.807) is 39.3 Å². The summed E-state index contributed by atoms with van der Waals surface area (Å²) in [5, 5.41) is 3.13. The molecule has 2 amide bonds. The van der Waals surface area contributed by atoms with Crippen LogP contribution in [-0.2, 0) is 9.59 Å². The van der Waals surface area contributed by atoms with Gasteiger partial charge >= 0.3 is 0 Å². The SMILES string of the molecule is CCN1C(=O)C(Nc2ccc(OC)cc2OC)=C(c2ccc(C)c(C)c2)C1=O. The first-order chi connectivity index (χ1) is 13.4. The average Bonchev–Trinajstić information content (AvgIpc) is 2.93. The lowest BCUT2D eigenvalue weighted by atomic mass is 9.99. The van der Waals surface area contributed by atoms with E-state index in [0.29, 0.717) is 34.9 Å². The van der Waals surface area contributed by atoms with Gasteiger partial charge in [0.15, 0.2) is 0 Å². The Bertz CT molecular complexity index is 978. The Morgan fingerprint density at radius 2 is 1.68 bits per heavy atom. The van der Waals surface area contributed by atoms with Gasteiger partial charge in [-0.15, -0.1) is 0 Å². The van der Waals surface area contributed by atoms with E-state index in [4.69, 9.17) is 9.47 Å². The molecular formula is C22H24N2O4. The number of likely N-dealkylation sites (N-methyl/N-ethyl adjacent to an activating group) is 1. The quantitative estimate of drug-likeness (QED) is 0.777. The highest BCUT2D eigenvalue weighted by Crippen LogP contribution is 2.35. The number of benzene rings is 2. The van der Waals surface area contributed by atoms with Crippen molar-refractivity contribution in [1.82, 2.24) is 4.90 Å². The largest absolute Gasteiger partial charge is 0.497 e. The van der Waals surface area contributed by atoms with Gasteiger partial charge in [0.05, 0.1) is 25.5 Å². The number of carbonyl (C=O) groups is 2. The molecule has 0 aromatic heterocycles. The number of methoxy groups -OCH3 is 2. The molecule has 1 aliphatic heterocycles. The molecule has 1 N–H and O–H groups in total. The van der Waals surface area contributed by atoms with E-state index in [1.165, 1.54) is 4.90 Å². The number of nitrogens with one attached hydrogen (secondary N) is 1. The Balaban J connectivity index is 2.12. The summed E-state index contributed by atoms with van der Waals surface area (Å²) in [5.74, 6) is 0.501. The maximum atomic E-state index is 13.0. The van der Waals surface area contributed by atoms with Crippen LogP contribution in [0.4, 0.5) is 5.69 Å². The number of nitrogens with zero attached hydrogens (tertiary/aromatic N) is 1. The van der Waals surface area contributed by atoms with Crippen LogP contribution in [0.15, 0.2) is 42.1 Å². The summed E-state index contributed by atoms with van der Waals surface area (Å²) in [6.07, 6.45) is 0. The van der Waals surface area contributed by atoms with E-state index < -0.39 is 0 Å². The Hall–Kier alpha value is -3.28. The number of hydrogen-bond donors (Lipinski definition) is 1. The Kier molecular flexibility index (Phi) is 5.40. The number of carbonyl (C=O) groups excluding carboxylic acids is 2. The molecule has 6 heteroatoms. The monoisotopic (exact) mass is 380 g/mol. The summed E-state index contributed by atoms with van der Waals surface area (Å²) in [6.45, 7) is 6.08. The molecule has 146 valence electrons. The lowest BCUT2D eigenvalue weighted by Gasteiger charge is -2.14. The van der Waals surface area contributed by atoms with E-state index >= 15 is 0 Å². The smallest absolute Gasteiger partial charge is 0.278 e. The number of hydrogen-bond acceptors (Lipinski definition) is 5. The molecule has 0 atom stereocenters. The van der Waals surface area contributed by atoms with Crippen LogP contribution in [0.3, 0.4) is 0 Å². The first-order valence-electron chi connectivity index (χ1n) is 9.08. The van der Waals surface area contributed by atoms with Crippen molar-refractivity contribution in [1.29, 1.82) is 0 Å². The summed E-state index contributed by atoms with van der Waals surface area (Å²) in [7, 11) is 3.11. The van der Waals surface area contributed by atoms with Crippen LogP contribution < -0.4 is 14.8 Å². The normalized spacial score (nSPS) is 14.0. The van der Waals surface area contributed by atoms with Crippen molar-refractivity contribution < 1.29 is 19.1 Å². The summed E-state index contributed by atoms with van der Waals surface area (Å²) >= 11 is 0. The van der Waals surface area contributed by atoms with Gasteiger partial charge < -0.3 is 14.8 Å². The average molecular weight is 380 g/mol. The molecule has 0 radical (unpaired) electrons. The lowest BCUT2D eigenvalue weighted by molar-refractivity contribution is -0.136. The zero-order valence-corrected chi connectivity index (χ0v) is 16.8. The highest BCUT2D eigenvalue weighted by atomic mass is 16.5. The van der Waals surface area contributed by atoms with Crippen molar-refractivity contribution >= 4 is 23.1 Å². The van der Waals surface area contributed by atoms with Crippen LogP contribution in [0.1, 0.15) is 23.6 Å². The molecule has 0 saturated carbocycles. The van der Waals surface area contributed by atoms with Crippen molar-refractivity contribution in [3.8, 4) is 11.5 Å². The molecule has 2 aromatic rings. The maximum absolute atomic E-state index is 13.0. The summed E-state index contributed by atoms with van der Waals surface area (Å²) in [4.78, 5) is 27.1. The third kappa shape index (κ3) is 3.33. The molecule has 0 unspecified atom stereocenters. The second-order valence-electron chi connectivity index (χ2n) is 6.59. The van der Waals surface area contributed by atoms with Crippen LogP contribution in [-0.4, -0.2) is 37.5 Å². The fourth-order valence-electron chi connectivity index (χ4n) is 3.18. The van der Waals surface area contributed by atoms with Gasteiger partial charge in [0.25, 0.3) is 11.8 Å². The van der Waals surface area contributed by atoms with Gasteiger partial charge in [0, 0.05) is 12.6 Å². The van der Waals surface area contributed by atoms with Gasteiger partial charge in [-0.3, -0.25) is 14.5 Å². The molecule has 0 bridgehead atoms. The van der Waals surface area contributed by atoms with Crippen LogP contribution in [0.2, 0.25) is 0 Å². The summed E-state index contributed by atoms with van der Waals surface area (Å²) < 4.78 is 10.6. The van der Waals surface area contributed by atoms with Gasteiger partial charge in [-0.1, -0.05) is 18.2 Å². The third-order valence-corrected chi connectivity index (χ3v) is 4.95. The predicted octanol–water partition coefficient (Wildman–Crippen LogP) is 3.53. The van der Waals surface area contributed by atoms with Crippen LogP contribution >= 0.6 is 0 Å². The van der Waals surface area contributed by atoms with Crippen molar-refractivity contribution in [2.24, 2.45) is 0 Å². The molecule has 1 aliphatic rings. The summed E-state index contributed by atoms with van der Waals surface area (Å²) in [5.41, 5.74) is 4.10. The van der Waals surface area contributed by atoms with Gasteiger partial charge in [0.1, 0.15) is 17.2 Å². The minimum Gasteiger partial charge on any atom is -0.497 e. The first-order valence-corrected chi connectivity index (χ1v) is 9.08.